The number of para-hydroxylation sites is 1. The summed E-state index contributed by atoms with van der Waals surface area (Å²) < 4.78 is 0. The van der Waals surface area contributed by atoms with Crippen molar-refractivity contribution in [2.75, 3.05) is 38.5 Å². The molecule has 0 bridgehead atoms. The Morgan fingerprint density at radius 1 is 0.889 bits per heavy atom. The smallest absolute Gasteiger partial charge is 0.238 e. The number of amides is 2. The Kier molecular flexibility index (Phi) is 8.01. The number of hydrogen-bond donors (Lipinski definition) is 1. The van der Waals surface area contributed by atoms with Crippen LogP contribution in [0.15, 0.2) is 54.6 Å². The van der Waals surface area contributed by atoms with Crippen LogP contribution in [0.1, 0.15) is 25.0 Å². The van der Waals surface area contributed by atoms with Crippen molar-refractivity contribution in [3.63, 3.8) is 0 Å². The third-order valence-electron chi connectivity index (χ3n) is 4.46. The number of nitrogens with one attached hydrogen (secondary N) is 1. The summed E-state index contributed by atoms with van der Waals surface area (Å²) in [5, 5.41) is 2.99. The van der Waals surface area contributed by atoms with E-state index in [2.05, 4.69) is 17.4 Å². The van der Waals surface area contributed by atoms with Crippen LogP contribution in [0.4, 0.5) is 5.69 Å². The predicted octanol–water partition coefficient (Wildman–Crippen LogP) is 3.02. The summed E-state index contributed by atoms with van der Waals surface area (Å²) in [5.74, 6) is -0.0786. The highest BCUT2D eigenvalue weighted by Gasteiger charge is 2.15. The van der Waals surface area contributed by atoms with Crippen molar-refractivity contribution in [3.8, 4) is 0 Å². The number of rotatable bonds is 9. The van der Waals surface area contributed by atoms with Gasteiger partial charge in [0.1, 0.15) is 0 Å². The van der Waals surface area contributed by atoms with Crippen LogP contribution >= 0.6 is 0 Å². The maximum absolute atomic E-state index is 12.4. The molecule has 2 amide bonds. The summed E-state index contributed by atoms with van der Waals surface area (Å²) in [4.78, 5) is 28.1. The molecule has 0 aliphatic heterocycles. The Hall–Kier alpha value is -2.66. The van der Waals surface area contributed by atoms with Crippen LogP contribution in [0.2, 0.25) is 0 Å². The summed E-state index contributed by atoms with van der Waals surface area (Å²) in [6.07, 6.45) is 0.758. The zero-order chi connectivity index (χ0) is 19.6. The first-order valence-electron chi connectivity index (χ1n) is 9.41. The number of carbonyl (C=O) groups excluding carboxylic acids is 2. The minimum atomic E-state index is -0.120. The first-order chi connectivity index (χ1) is 13.0. The Morgan fingerprint density at radius 2 is 1.52 bits per heavy atom. The highest BCUT2D eigenvalue weighted by atomic mass is 16.2. The van der Waals surface area contributed by atoms with Crippen LogP contribution in [0.25, 0.3) is 0 Å². The molecule has 0 saturated heterocycles. The van der Waals surface area contributed by atoms with Gasteiger partial charge in [0, 0.05) is 18.8 Å². The molecule has 2 rings (SSSR count). The summed E-state index contributed by atoms with van der Waals surface area (Å²) in [5.41, 5.74) is 3.08. The number of likely N-dealkylation sites (N-methyl/N-ethyl adjacent to an activating group) is 2. The van der Waals surface area contributed by atoms with Crippen molar-refractivity contribution in [2.45, 2.75) is 20.3 Å². The molecule has 0 atom stereocenters. The molecule has 0 radical (unpaired) electrons. The van der Waals surface area contributed by atoms with Crippen LogP contribution in [0.5, 0.6) is 0 Å². The van der Waals surface area contributed by atoms with Crippen molar-refractivity contribution in [1.29, 1.82) is 0 Å². The van der Waals surface area contributed by atoms with Crippen LogP contribution in [-0.2, 0) is 16.0 Å². The fraction of sp³-hybridized carbons (Fsp3) is 0.364. The second-order valence-corrected chi connectivity index (χ2v) is 6.61. The second kappa shape index (κ2) is 10.5. The molecular formula is C22H29N3O2. The number of anilines is 1. The fourth-order valence-corrected chi connectivity index (χ4v) is 3.01. The number of carbonyl (C=O) groups is 2. The van der Waals surface area contributed by atoms with Gasteiger partial charge in [-0.2, -0.15) is 0 Å². The first kappa shape index (κ1) is 20.6. The molecule has 2 aromatic carbocycles. The molecule has 1 N–H and O–H groups in total. The molecule has 0 fully saturated rings. The quantitative estimate of drug-likeness (QED) is 0.741. The zero-order valence-corrected chi connectivity index (χ0v) is 16.4. The Balaban J connectivity index is 1.95. The van der Waals surface area contributed by atoms with E-state index in [1.165, 1.54) is 5.56 Å². The second-order valence-electron chi connectivity index (χ2n) is 6.61. The first-order valence-corrected chi connectivity index (χ1v) is 9.41. The zero-order valence-electron chi connectivity index (χ0n) is 16.4. The van der Waals surface area contributed by atoms with E-state index >= 15 is 0 Å². The molecule has 0 saturated carbocycles. The normalized spacial score (nSPS) is 10.7. The molecule has 0 spiro atoms. The fourth-order valence-electron chi connectivity index (χ4n) is 3.01. The van der Waals surface area contributed by atoms with Gasteiger partial charge in [-0.05, 0) is 44.5 Å². The van der Waals surface area contributed by atoms with Gasteiger partial charge in [-0.25, -0.2) is 0 Å². The summed E-state index contributed by atoms with van der Waals surface area (Å²) in [6, 6.07) is 18.0. The van der Waals surface area contributed by atoms with Crippen LogP contribution in [0, 0.1) is 0 Å². The van der Waals surface area contributed by atoms with Gasteiger partial charge in [0.2, 0.25) is 11.8 Å². The summed E-state index contributed by atoms with van der Waals surface area (Å²) in [7, 11) is 1.79. The van der Waals surface area contributed by atoms with Crippen LogP contribution in [-0.4, -0.2) is 54.8 Å². The van der Waals surface area contributed by atoms with E-state index in [4.69, 9.17) is 0 Å². The van der Waals surface area contributed by atoms with E-state index < -0.39 is 0 Å². The number of hydrogen-bond acceptors (Lipinski definition) is 3. The highest BCUT2D eigenvalue weighted by Crippen LogP contribution is 2.19. The monoisotopic (exact) mass is 367 g/mol. The topological polar surface area (TPSA) is 52.7 Å². The molecule has 5 heteroatoms. The Labute approximate surface area is 162 Å². The lowest BCUT2D eigenvalue weighted by atomic mass is 10.0. The van der Waals surface area contributed by atoms with Crippen molar-refractivity contribution >= 4 is 17.5 Å². The van der Waals surface area contributed by atoms with Crippen molar-refractivity contribution in [3.05, 3.63) is 65.7 Å². The lowest BCUT2D eigenvalue weighted by Gasteiger charge is -2.22. The van der Waals surface area contributed by atoms with Crippen molar-refractivity contribution in [1.82, 2.24) is 9.80 Å². The van der Waals surface area contributed by atoms with E-state index in [0.717, 1.165) is 17.7 Å². The maximum atomic E-state index is 12.4. The molecule has 0 aliphatic carbocycles. The standard InChI is InChI=1S/C22H29N3O2/c1-4-25(5-2)22(27)17-24(3)16-21(26)23-20-14-10-9-13-19(20)15-18-11-7-6-8-12-18/h6-14H,4-5,15-17H2,1-3H3,(H,23,26). The lowest BCUT2D eigenvalue weighted by molar-refractivity contribution is -0.132. The van der Waals surface area contributed by atoms with E-state index in [9.17, 15) is 9.59 Å². The highest BCUT2D eigenvalue weighted by molar-refractivity contribution is 5.93. The van der Waals surface area contributed by atoms with Gasteiger partial charge in [-0.3, -0.25) is 14.5 Å². The van der Waals surface area contributed by atoms with Crippen LogP contribution in [0.3, 0.4) is 0 Å². The van der Waals surface area contributed by atoms with Gasteiger partial charge in [-0.1, -0.05) is 48.5 Å². The predicted molar refractivity (Wildman–Crippen MR) is 110 cm³/mol. The molecular weight excluding hydrogens is 338 g/mol. The third kappa shape index (κ3) is 6.53. The minimum absolute atomic E-state index is 0.0415. The van der Waals surface area contributed by atoms with Gasteiger partial charge in [0.15, 0.2) is 0 Å². The minimum Gasteiger partial charge on any atom is -0.342 e. The van der Waals surface area contributed by atoms with Gasteiger partial charge in [0.05, 0.1) is 13.1 Å². The molecule has 0 aromatic heterocycles. The van der Waals surface area contributed by atoms with E-state index in [1.807, 2.05) is 56.3 Å². The molecule has 144 valence electrons. The summed E-state index contributed by atoms with van der Waals surface area (Å²) in [6.45, 7) is 5.69. The molecule has 5 nitrogen and oxygen atoms in total. The van der Waals surface area contributed by atoms with Crippen molar-refractivity contribution < 1.29 is 9.59 Å². The van der Waals surface area contributed by atoms with Crippen molar-refractivity contribution in [2.24, 2.45) is 0 Å². The van der Waals surface area contributed by atoms with E-state index in [1.54, 1.807) is 16.8 Å². The average Bonchev–Trinajstić information content (AvgIpc) is 2.65. The molecule has 0 unspecified atom stereocenters. The third-order valence-corrected chi connectivity index (χ3v) is 4.46. The van der Waals surface area contributed by atoms with Gasteiger partial charge < -0.3 is 10.2 Å². The molecule has 0 aliphatic rings. The lowest BCUT2D eigenvalue weighted by Crippen LogP contribution is -2.41. The number of benzene rings is 2. The number of nitrogens with zero attached hydrogens (tertiary/aromatic N) is 2. The summed E-state index contributed by atoms with van der Waals surface area (Å²) >= 11 is 0. The Bertz CT molecular complexity index is 742. The molecule has 2 aromatic rings. The van der Waals surface area contributed by atoms with E-state index in [-0.39, 0.29) is 24.9 Å². The maximum Gasteiger partial charge on any atom is 0.238 e. The van der Waals surface area contributed by atoms with Gasteiger partial charge in [-0.15, -0.1) is 0 Å². The molecule has 27 heavy (non-hydrogen) atoms. The largest absolute Gasteiger partial charge is 0.342 e. The van der Waals surface area contributed by atoms with Gasteiger partial charge >= 0.3 is 0 Å². The van der Waals surface area contributed by atoms with Crippen LogP contribution < -0.4 is 5.32 Å². The average molecular weight is 367 g/mol. The molecule has 0 heterocycles. The van der Waals surface area contributed by atoms with E-state index in [0.29, 0.717) is 13.1 Å². The SMILES string of the molecule is CCN(CC)C(=O)CN(C)CC(=O)Nc1ccccc1Cc1ccccc1. The Morgan fingerprint density at radius 3 is 2.19 bits per heavy atom. The van der Waals surface area contributed by atoms with Gasteiger partial charge in [0.25, 0.3) is 0 Å².